The van der Waals surface area contributed by atoms with E-state index in [-0.39, 0.29) is 18.6 Å². The molecular formula is C19H20BrNO2. The van der Waals surface area contributed by atoms with Crippen molar-refractivity contribution < 1.29 is 9.53 Å². The van der Waals surface area contributed by atoms with Gasteiger partial charge in [-0.3, -0.25) is 4.79 Å². The number of amides is 1. The molecule has 0 bridgehead atoms. The van der Waals surface area contributed by atoms with Crippen LogP contribution >= 0.6 is 15.9 Å². The summed E-state index contributed by atoms with van der Waals surface area (Å²) in [5, 5.41) is 3.10. The third-order valence-electron chi connectivity index (χ3n) is 4.20. The van der Waals surface area contributed by atoms with Gasteiger partial charge in [0.1, 0.15) is 5.75 Å². The Kier molecular flexibility index (Phi) is 5.01. The van der Waals surface area contributed by atoms with Crippen molar-refractivity contribution >= 4 is 21.8 Å². The van der Waals surface area contributed by atoms with Gasteiger partial charge in [0.05, 0.1) is 6.04 Å². The third-order valence-corrected chi connectivity index (χ3v) is 5.09. The smallest absolute Gasteiger partial charge is 0.258 e. The van der Waals surface area contributed by atoms with Gasteiger partial charge in [0.15, 0.2) is 6.61 Å². The van der Waals surface area contributed by atoms with Gasteiger partial charge in [-0.15, -0.1) is 0 Å². The van der Waals surface area contributed by atoms with Crippen LogP contribution < -0.4 is 10.1 Å². The molecule has 0 fully saturated rings. The predicted molar refractivity (Wildman–Crippen MR) is 94.6 cm³/mol. The van der Waals surface area contributed by atoms with Crippen LogP contribution in [0.3, 0.4) is 0 Å². The molecule has 0 radical (unpaired) electrons. The number of benzene rings is 2. The molecule has 3 rings (SSSR count). The number of hydrogen-bond acceptors (Lipinski definition) is 2. The highest BCUT2D eigenvalue weighted by atomic mass is 79.9. The Morgan fingerprint density at radius 2 is 2.13 bits per heavy atom. The van der Waals surface area contributed by atoms with E-state index in [2.05, 4.69) is 39.4 Å². The highest BCUT2D eigenvalue weighted by Gasteiger charge is 2.21. The van der Waals surface area contributed by atoms with E-state index in [9.17, 15) is 4.79 Å². The Morgan fingerprint density at radius 1 is 1.30 bits per heavy atom. The lowest BCUT2D eigenvalue weighted by Crippen LogP contribution is -2.34. The van der Waals surface area contributed by atoms with Crippen molar-refractivity contribution in [2.75, 3.05) is 6.61 Å². The normalized spacial score (nSPS) is 16.5. The summed E-state index contributed by atoms with van der Waals surface area (Å²) >= 11 is 3.46. The first-order valence-corrected chi connectivity index (χ1v) is 8.69. The number of carbonyl (C=O) groups is 1. The fraction of sp³-hybridized carbons (Fsp3) is 0.316. The number of fused-ring (bicyclic) bond motifs is 1. The lowest BCUT2D eigenvalue weighted by Gasteiger charge is -2.26. The van der Waals surface area contributed by atoms with Gasteiger partial charge in [-0.1, -0.05) is 40.2 Å². The molecule has 2 aromatic rings. The van der Waals surface area contributed by atoms with Crippen LogP contribution in [-0.4, -0.2) is 12.5 Å². The molecular weight excluding hydrogens is 354 g/mol. The van der Waals surface area contributed by atoms with E-state index in [1.54, 1.807) is 0 Å². The summed E-state index contributed by atoms with van der Waals surface area (Å²) in [7, 11) is 0. The van der Waals surface area contributed by atoms with Crippen LogP contribution in [0.2, 0.25) is 0 Å². The molecule has 0 saturated heterocycles. The summed E-state index contributed by atoms with van der Waals surface area (Å²) in [5.74, 6) is 0.636. The van der Waals surface area contributed by atoms with Gasteiger partial charge in [-0.25, -0.2) is 0 Å². The summed E-state index contributed by atoms with van der Waals surface area (Å²) in [5.41, 5.74) is 3.67. The molecule has 2 aromatic carbocycles. The van der Waals surface area contributed by atoms with Crippen LogP contribution in [0.1, 0.15) is 35.6 Å². The first-order valence-electron chi connectivity index (χ1n) is 7.89. The molecule has 1 N–H and O–H groups in total. The van der Waals surface area contributed by atoms with Gasteiger partial charge in [-0.2, -0.15) is 0 Å². The topological polar surface area (TPSA) is 38.3 Å². The molecule has 1 unspecified atom stereocenters. The highest BCUT2D eigenvalue weighted by molar-refractivity contribution is 9.10. The van der Waals surface area contributed by atoms with Gasteiger partial charge < -0.3 is 10.1 Å². The van der Waals surface area contributed by atoms with E-state index >= 15 is 0 Å². The summed E-state index contributed by atoms with van der Waals surface area (Å²) in [6.07, 6.45) is 3.19. The zero-order valence-electron chi connectivity index (χ0n) is 13.1. The van der Waals surface area contributed by atoms with Crippen molar-refractivity contribution in [3.05, 3.63) is 63.6 Å². The van der Waals surface area contributed by atoms with Crippen LogP contribution in [0, 0.1) is 6.92 Å². The molecule has 120 valence electrons. The van der Waals surface area contributed by atoms with E-state index in [4.69, 9.17) is 4.74 Å². The first kappa shape index (κ1) is 16.1. The second-order valence-corrected chi connectivity index (χ2v) is 6.77. The number of hydrogen-bond donors (Lipinski definition) is 1. The quantitative estimate of drug-likeness (QED) is 0.865. The van der Waals surface area contributed by atoms with Crippen LogP contribution in [0.5, 0.6) is 5.75 Å². The maximum Gasteiger partial charge on any atom is 0.258 e. The van der Waals surface area contributed by atoms with E-state index in [1.165, 1.54) is 11.1 Å². The second-order valence-electron chi connectivity index (χ2n) is 5.91. The average molecular weight is 374 g/mol. The van der Waals surface area contributed by atoms with Crippen molar-refractivity contribution in [1.29, 1.82) is 0 Å². The Balaban J connectivity index is 1.59. The molecule has 0 saturated carbocycles. The number of aryl methyl sites for hydroxylation is 2. The monoisotopic (exact) mass is 373 g/mol. The summed E-state index contributed by atoms with van der Waals surface area (Å²) < 4.78 is 6.64. The molecule has 0 spiro atoms. The van der Waals surface area contributed by atoms with Gasteiger partial charge in [0.2, 0.25) is 0 Å². The van der Waals surface area contributed by atoms with Gasteiger partial charge in [-0.05, 0) is 61.1 Å². The van der Waals surface area contributed by atoms with Crippen molar-refractivity contribution in [2.45, 2.75) is 32.2 Å². The van der Waals surface area contributed by atoms with Crippen LogP contribution in [-0.2, 0) is 11.2 Å². The molecule has 3 nitrogen and oxygen atoms in total. The van der Waals surface area contributed by atoms with Gasteiger partial charge in [0, 0.05) is 4.47 Å². The fourth-order valence-corrected chi connectivity index (χ4v) is 3.24. The van der Waals surface area contributed by atoms with Gasteiger partial charge >= 0.3 is 0 Å². The summed E-state index contributed by atoms with van der Waals surface area (Å²) in [6, 6.07) is 14.2. The lowest BCUT2D eigenvalue weighted by atomic mass is 9.88. The second kappa shape index (κ2) is 7.18. The standard InChI is InChI=1S/C19H20BrNO2/c1-13-11-15(9-10-17(13)20)23-12-19(22)21-18-8-4-6-14-5-2-3-7-16(14)18/h2-3,5,7,9-11,18H,4,6,8,12H2,1H3,(H,21,22). The molecule has 0 aromatic heterocycles. The zero-order valence-corrected chi connectivity index (χ0v) is 14.7. The van der Waals surface area contributed by atoms with Crippen molar-refractivity contribution in [1.82, 2.24) is 5.32 Å². The van der Waals surface area contributed by atoms with E-state index < -0.39 is 0 Å². The minimum absolute atomic E-state index is 0.0414. The lowest BCUT2D eigenvalue weighted by molar-refractivity contribution is -0.123. The molecule has 23 heavy (non-hydrogen) atoms. The maximum absolute atomic E-state index is 12.2. The number of carbonyl (C=O) groups excluding carboxylic acids is 1. The SMILES string of the molecule is Cc1cc(OCC(=O)NC2CCCc3ccccc32)ccc1Br. The minimum Gasteiger partial charge on any atom is -0.484 e. The minimum atomic E-state index is -0.0766. The van der Waals surface area contributed by atoms with E-state index in [0.717, 1.165) is 29.3 Å². The largest absolute Gasteiger partial charge is 0.484 e. The molecule has 0 aliphatic heterocycles. The van der Waals surface area contributed by atoms with Crippen molar-refractivity contribution in [2.24, 2.45) is 0 Å². The Morgan fingerprint density at radius 3 is 2.96 bits per heavy atom. The molecule has 4 heteroatoms. The fourth-order valence-electron chi connectivity index (χ4n) is 3.00. The number of rotatable bonds is 4. The average Bonchev–Trinajstić information content (AvgIpc) is 2.56. The van der Waals surface area contributed by atoms with Crippen molar-refractivity contribution in [3.8, 4) is 5.75 Å². The Hall–Kier alpha value is -1.81. The molecule has 1 aliphatic rings. The number of nitrogens with one attached hydrogen (secondary N) is 1. The zero-order chi connectivity index (χ0) is 16.2. The predicted octanol–water partition coefficient (Wildman–Crippen LogP) is 4.33. The van der Waals surface area contributed by atoms with Crippen molar-refractivity contribution in [3.63, 3.8) is 0 Å². The number of ether oxygens (including phenoxy) is 1. The molecule has 1 amide bonds. The third kappa shape index (κ3) is 3.94. The van der Waals surface area contributed by atoms with E-state index in [0.29, 0.717) is 5.75 Å². The van der Waals surface area contributed by atoms with Crippen LogP contribution in [0.4, 0.5) is 0 Å². The van der Waals surface area contributed by atoms with Crippen LogP contribution in [0.15, 0.2) is 46.9 Å². The molecule has 0 heterocycles. The van der Waals surface area contributed by atoms with Crippen LogP contribution in [0.25, 0.3) is 0 Å². The first-order chi connectivity index (χ1) is 11.1. The summed E-state index contributed by atoms with van der Waals surface area (Å²) in [4.78, 5) is 12.2. The Labute approximate surface area is 145 Å². The summed E-state index contributed by atoms with van der Waals surface area (Å²) in [6.45, 7) is 2.04. The Bertz CT molecular complexity index is 714. The maximum atomic E-state index is 12.2. The number of halogens is 1. The van der Waals surface area contributed by atoms with Gasteiger partial charge in [0.25, 0.3) is 5.91 Å². The highest BCUT2D eigenvalue weighted by Crippen LogP contribution is 2.29. The molecule has 1 atom stereocenters. The molecule has 1 aliphatic carbocycles. The van der Waals surface area contributed by atoms with E-state index in [1.807, 2.05) is 31.2 Å².